The molecule has 4 rings (SSSR count). The van der Waals surface area contributed by atoms with Gasteiger partial charge in [0.1, 0.15) is 5.76 Å². The van der Waals surface area contributed by atoms with Crippen molar-refractivity contribution in [3.63, 3.8) is 0 Å². The molecule has 188 valence electrons. The lowest BCUT2D eigenvalue weighted by Gasteiger charge is -2.26. The van der Waals surface area contributed by atoms with Crippen LogP contribution < -0.4 is 0 Å². The summed E-state index contributed by atoms with van der Waals surface area (Å²) < 4.78 is 34.3. The monoisotopic (exact) mass is 497 g/mol. The summed E-state index contributed by atoms with van der Waals surface area (Å²) in [6, 6.07) is 11.2. The van der Waals surface area contributed by atoms with Crippen LogP contribution in [-0.4, -0.2) is 28.8 Å². The van der Waals surface area contributed by atoms with Crippen molar-refractivity contribution in [2.45, 2.75) is 77.0 Å². The normalized spacial score (nSPS) is 14.6. The molecule has 0 unspecified atom stereocenters. The molecule has 0 radical (unpaired) electrons. The van der Waals surface area contributed by atoms with E-state index in [2.05, 4.69) is 4.98 Å². The van der Waals surface area contributed by atoms with Gasteiger partial charge in [0.25, 0.3) is 0 Å². The van der Waals surface area contributed by atoms with E-state index in [9.17, 15) is 13.2 Å². The Labute approximate surface area is 208 Å². The summed E-state index contributed by atoms with van der Waals surface area (Å²) in [7, 11) is -3.68. The van der Waals surface area contributed by atoms with Crippen LogP contribution in [0.4, 0.5) is 0 Å². The van der Waals surface area contributed by atoms with Crippen molar-refractivity contribution in [1.82, 2.24) is 14.5 Å². The number of aryl methyl sites for hydroxylation is 1. The zero-order valence-electron chi connectivity index (χ0n) is 20.8. The Morgan fingerprint density at radius 3 is 2.54 bits per heavy atom. The molecular weight excluding hydrogens is 462 g/mol. The molecule has 3 aromatic rings. The van der Waals surface area contributed by atoms with Crippen LogP contribution in [0, 0.1) is 18.8 Å². The van der Waals surface area contributed by atoms with E-state index in [4.69, 9.17) is 4.42 Å². The number of benzene rings is 1. The Balaban J connectivity index is 1.66. The average Bonchev–Trinajstić information content (AvgIpc) is 3.57. The lowest BCUT2D eigenvalue weighted by atomic mass is 10.1. The van der Waals surface area contributed by atoms with E-state index in [1.165, 1.54) is 0 Å². The van der Waals surface area contributed by atoms with Gasteiger partial charge >= 0.3 is 0 Å². The van der Waals surface area contributed by atoms with Crippen LogP contribution in [0.2, 0.25) is 0 Å². The standard InChI is InChI=1S/C27H35N3O4S/c1-20(2)16-30-24(15-28-27(30)35(32,33)19-23-12-5-4-9-21(23)3)17-29(18-25-13-8-14-34-25)26(31)22-10-6-7-11-22/h4-5,8-9,12-15,20,22H,6-7,10-11,16-19H2,1-3H3. The number of furan rings is 1. The first-order chi connectivity index (χ1) is 16.7. The summed E-state index contributed by atoms with van der Waals surface area (Å²) in [5.74, 6) is 0.917. The van der Waals surface area contributed by atoms with Crippen LogP contribution in [0.1, 0.15) is 62.1 Å². The first-order valence-corrected chi connectivity index (χ1v) is 14.0. The first-order valence-electron chi connectivity index (χ1n) is 12.4. The molecule has 1 amide bonds. The largest absolute Gasteiger partial charge is 0.467 e. The van der Waals surface area contributed by atoms with Crippen LogP contribution in [-0.2, 0) is 40.0 Å². The molecule has 0 N–H and O–H groups in total. The fourth-order valence-electron chi connectivity index (χ4n) is 4.80. The Morgan fingerprint density at radius 1 is 1.14 bits per heavy atom. The molecular formula is C27H35N3O4S. The van der Waals surface area contributed by atoms with Crippen LogP contribution in [0.15, 0.2) is 58.4 Å². The summed E-state index contributed by atoms with van der Waals surface area (Å²) in [6.07, 6.45) is 7.15. The minimum absolute atomic E-state index is 0.00990. The molecule has 1 saturated carbocycles. The maximum Gasteiger partial charge on any atom is 0.228 e. The lowest BCUT2D eigenvalue weighted by Crippen LogP contribution is -2.35. The van der Waals surface area contributed by atoms with Gasteiger partial charge in [0.15, 0.2) is 0 Å². The first kappa shape index (κ1) is 25.2. The van der Waals surface area contributed by atoms with Gasteiger partial charge in [-0.2, -0.15) is 0 Å². The van der Waals surface area contributed by atoms with Crippen molar-refractivity contribution in [3.8, 4) is 0 Å². The Hall–Kier alpha value is -2.87. The summed E-state index contributed by atoms with van der Waals surface area (Å²) in [4.78, 5) is 19.6. The molecule has 7 nitrogen and oxygen atoms in total. The van der Waals surface area contributed by atoms with Crippen LogP contribution in [0.5, 0.6) is 0 Å². The van der Waals surface area contributed by atoms with E-state index in [0.717, 1.165) is 42.5 Å². The number of nitrogens with zero attached hydrogens (tertiary/aromatic N) is 3. The smallest absolute Gasteiger partial charge is 0.228 e. The molecule has 1 fully saturated rings. The fourth-order valence-corrected chi connectivity index (χ4v) is 6.40. The molecule has 2 heterocycles. The van der Waals surface area contributed by atoms with E-state index >= 15 is 0 Å². The van der Waals surface area contributed by atoms with E-state index in [-0.39, 0.29) is 35.2 Å². The van der Waals surface area contributed by atoms with Crippen molar-refractivity contribution in [2.24, 2.45) is 11.8 Å². The highest BCUT2D eigenvalue weighted by Crippen LogP contribution is 2.29. The number of rotatable bonds is 10. The van der Waals surface area contributed by atoms with E-state index in [1.54, 1.807) is 21.9 Å². The second-order valence-corrected chi connectivity index (χ2v) is 11.9. The Kier molecular flexibility index (Phi) is 7.79. The maximum atomic E-state index is 13.5. The van der Waals surface area contributed by atoms with Gasteiger partial charge in [0.05, 0.1) is 37.0 Å². The number of imidazole rings is 1. The maximum absolute atomic E-state index is 13.5. The van der Waals surface area contributed by atoms with Gasteiger partial charge in [-0.05, 0) is 48.9 Å². The third kappa shape index (κ3) is 6.04. The Bertz CT molecular complexity index is 1240. The quantitative estimate of drug-likeness (QED) is 0.387. The minimum atomic E-state index is -3.68. The SMILES string of the molecule is Cc1ccccc1CS(=O)(=O)c1ncc(CN(Cc2ccco2)C(=O)C2CCCC2)n1CC(C)C. The zero-order valence-corrected chi connectivity index (χ0v) is 21.6. The van der Waals surface area contributed by atoms with Crippen LogP contribution in [0.3, 0.4) is 0 Å². The molecule has 1 aliphatic rings. The van der Waals surface area contributed by atoms with Gasteiger partial charge in [-0.15, -0.1) is 0 Å². The number of carbonyl (C=O) groups excluding carboxylic acids is 1. The summed E-state index contributed by atoms with van der Waals surface area (Å²) in [5, 5.41) is 0.0655. The molecule has 0 aliphatic heterocycles. The fraction of sp³-hybridized carbons (Fsp3) is 0.481. The van der Waals surface area contributed by atoms with E-state index in [0.29, 0.717) is 18.8 Å². The molecule has 0 atom stereocenters. The van der Waals surface area contributed by atoms with E-state index in [1.807, 2.05) is 57.2 Å². The second kappa shape index (κ2) is 10.8. The lowest BCUT2D eigenvalue weighted by molar-refractivity contribution is -0.137. The zero-order chi connectivity index (χ0) is 25.0. The molecule has 0 saturated heterocycles. The van der Waals surface area contributed by atoms with Gasteiger partial charge < -0.3 is 13.9 Å². The molecule has 0 bridgehead atoms. The van der Waals surface area contributed by atoms with Gasteiger partial charge in [0, 0.05) is 12.5 Å². The number of sulfone groups is 1. The number of hydrogen-bond donors (Lipinski definition) is 0. The van der Waals surface area contributed by atoms with Gasteiger partial charge in [0.2, 0.25) is 20.9 Å². The number of carbonyl (C=O) groups is 1. The number of amides is 1. The van der Waals surface area contributed by atoms with E-state index < -0.39 is 9.84 Å². The van der Waals surface area contributed by atoms with Crippen molar-refractivity contribution >= 4 is 15.7 Å². The summed E-state index contributed by atoms with van der Waals surface area (Å²) >= 11 is 0. The molecule has 2 aromatic heterocycles. The molecule has 0 spiro atoms. The minimum Gasteiger partial charge on any atom is -0.467 e. The Morgan fingerprint density at radius 2 is 1.89 bits per heavy atom. The number of aromatic nitrogens is 2. The highest BCUT2D eigenvalue weighted by Gasteiger charge is 2.30. The summed E-state index contributed by atoms with van der Waals surface area (Å²) in [6.45, 7) is 7.15. The summed E-state index contributed by atoms with van der Waals surface area (Å²) in [5.41, 5.74) is 2.43. The second-order valence-electron chi connectivity index (χ2n) is 9.98. The van der Waals surface area contributed by atoms with Crippen LogP contribution in [0.25, 0.3) is 0 Å². The van der Waals surface area contributed by atoms with Gasteiger partial charge in [-0.3, -0.25) is 4.79 Å². The number of hydrogen-bond acceptors (Lipinski definition) is 5. The molecule has 1 aliphatic carbocycles. The van der Waals surface area contributed by atoms with Crippen molar-refractivity contribution in [3.05, 3.63) is 71.4 Å². The van der Waals surface area contributed by atoms with Crippen molar-refractivity contribution in [1.29, 1.82) is 0 Å². The van der Waals surface area contributed by atoms with Crippen molar-refractivity contribution < 1.29 is 17.6 Å². The third-order valence-corrected chi connectivity index (χ3v) is 8.20. The highest BCUT2D eigenvalue weighted by molar-refractivity contribution is 7.90. The van der Waals surface area contributed by atoms with Crippen LogP contribution >= 0.6 is 0 Å². The predicted octanol–water partition coefficient (Wildman–Crippen LogP) is 5.13. The van der Waals surface area contributed by atoms with Gasteiger partial charge in [-0.25, -0.2) is 13.4 Å². The third-order valence-electron chi connectivity index (χ3n) is 6.63. The molecule has 1 aromatic carbocycles. The molecule has 35 heavy (non-hydrogen) atoms. The highest BCUT2D eigenvalue weighted by atomic mass is 32.2. The topological polar surface area (TPSA) is 85.4 Å². The molecule has 8 heteroatoms. The van der Waals surface area contributed by atoms with Gasteiger partial charge in [-0.1, -0.05) is 51.0 Å². The van der Waals surface area contributed by atoms with Crippen molar-refractivity contribution in [2.75, 3.05) is 0 Å². The predicted molar refractivity (Wildman–Crippen MR) is 134 cm³/mol. The average molecular weight is 498 g/mol.